The predicted molar refractivity (Wildman–Crippen MR) is 40.2 cm³/mol. The summed E-state index contributed by atoms with van der Waals surface area (Å²) in [5.41, 5.74) is 7.50. The largest absolute Gasteiger partial charge is 0.326 e. The van der Waals surface area contributed by atoms with Gasteiger partial charge < -0.3 is 5.73 Å². The van der Waals surface area contributed by atoms with E-state index in [4.69, 9.17) is 11.0 Å². The fraction of sp³-hybridized carbons (Fsp3) is 0.625. The number of nitrogens with zero attached hydrogens (tertiary/aromatic N) is 1. The second-order valence-corrected chi connectivity index (χ2v) is 2.61. The van der Waals surface area contributed by atoms with E-state index < -0.39 is 0 Å². The Kier molecular flexibility index (Phi) is 2.47. The van der Waals surface area contributed by atoms with E-state index in [0.29, 0.717) is 6.54 Å². The molecule has 0 spiro atoms. The van der Waals surface area contributed by atoms with Crippen molar-refractivity contribution in [3.63, 3.8) is 0 Å². The van der Waals surface area contributed by atoms with Gasteiger partial charge in [0.2, 0.25) is 0 Å². The molecule has 0 aromatic rings. The number of hydrogen-bond acceptors (Lipinski definition) is 2. The van der Waals surface area contributed by atoms with Gasteiger partial charge in [0, 0.05) is 12.1 Å². The number of allylic oxidation sites excluding steroid dienone is 1. The van der Waals surface area contributed by atoms with Crippen LogP contribution in [0, 0.1) is 11.3 Å². The van der Waals surface area contributed by atoms with Gasteiger partial charge in [-0.1, -0.05) is 5.57 Å². The topological polar surface area (TPSA) is 49.8 Å². The lowest BCUT2D eigenvalue weighted by atomic mass is 10.1. The molecule has 54 valence electrons. The second-order valence-electron chi connectivity index (χ2n) is 2.61. The number of nitrogens with two attached hydrogens (primary N) is 1. The zero-order valence-electron chi connectivity index (χ0n) is 6.06. The first-order chi connectivity index (χ1) is 4.88. The summed E-state index contributed by atoms with van der Waals surface area (Å²) in [6, 6.07) is 2.15. The third-order valence-electron chi connectivity index (χ3n) is 1.97. The van der Waals surface area contributed by atoms with Crippen molar-refractivity contribution in [2.75, 3.05) is 6.54 Å². The molecule has 0 aromatic carbocycles. The Morgan fingerprint density at radius 1 is 1.50 bits per heavy atom. The molecule has 0 saturated heterocycles. The van der Waals surface area contributed by atoms with Crippen molar-refractivity contribution in [1.29, 1.82) is 5.26 Å². The maximum atomic E-state index is 8.60. The van der Waals surface area contributed by atoms with Crippen LogP contribution in [0.3, 0.4) is 0 Å². The molecule has 0 aliphatic heterocycles. The van der Waals surface area contributed by atoms with Gasteiger partial charge in [-0.2, -0.15) is 5.26 Å². The standard InChI is InChI=1S/C8H12N2/c9-5-8(6-10)7-3-1-2-4-7/h1-5,9H2. The van der Waals surface area contributed by atoms with Crippen LogP contribution in [0.1, 0.15) is 25.7 Å². The first-order valence-electron chi connectivity index (χ1n) is 3.69. The van der Waals surface area contributed by atoms with E-state index in [1.807, 2.05) is 0 Å². The summed E-state index contributed by atoms with van der Waals surface area (Å²) >= 11 is 0. The predicted octanol–water partition coefficient (Wildman–Crippen LogP) is 1.34. The van der Waals surface area contributed by atoms with Crippen LogP contribution in [0.4, 0.5) is 0 Å². The fourth-order valence-corrected chi connectivity index (χ4v) is 1.37. The van der Waals surface area contributed by atoms with Crippen molar-refractivity contribution in [2.24, 2.45) is 5.73 Å². The SMILES string of the molecule is N#CC(CN)=C1CCCC1. The van der Waals surface area contributed by atoms with Crippen molar-refractivity contribution in [3.8, 4) is 6.07 Å². The van der Waals surface area contributed by atoms with Gasteiger partial charge in [-0.3, -0.25) is 0 Å². The van der Waals surface area contributed by atoms with E-state index >= 15 is 0 Å². The molecule has 1 aliphatic carbocycles. The molecular formula is C8H12N2. The molecule has 0 aromatic heterocycles. The monoisotopic (exact) mass is 136 g/mol. The van der Waals surface area contributed by atoms with Crippen molar-refractivity contribution in [2.45, 2.75) is 25.7 Å². The van der Waals surface area contributed by atoms with Crippen LogP contribution < -0.4 is 5.73 Å². The maximum absolute atomic E-state index is 8.60. The van der Waals surface area contributed by atoms with Crippen molar-refractivity contribution >= 4 is 0 Å². The van der Waals surface area contributed by atoms with Crippen LogP contribution in [-0.2, 0) is 0 Å². The smallest absolute Gasteiger partial charge is 0.0960 e. The molecular weight excluding hydrogens is 124 g/mol. The van der Waals surface area contributed by atoms with Crippen LogP contribution in [0.25, 0.3) is 0 Å². The average molecular weight is 136 g/mol. The number of hydrogen-bond donors (Lipinski definition) is 1. The molecule has 0 atom stereocenters. The van der Waals surface area contributed by atoms with Gasteiger partial charge in [-0.15, -0.1) is 0 Å². The minimum atomic E-state index is 0.422. The van der Waals surface area contributed by atoms with Crippen LogP contribution in [0.5, 0.6) is 0 Å². The first kappa shape index (κ1) is 7.30. The van der Waals surface area contributed by atoms with E-state index in [1.165, 1.54) is 18.4 Å². The number of rotatable bonds is 1. The van der Waals surface area contributed by atoms with Crippen LogP contribution in [0.2, 0.25) is 0 Å². The maximum Gasteiger partial charge on any atom is 0.0960 e. The molecule has 1 rings (SSSR count). The average Bonchev–Trinajstić information content (AvgIpc) is 2.43. The lowest BCUT2D eigenvalue weighted by Crippen LogP contribution is -2.03. The molecule has 1 saturated carbocycles. The third kappa shape index (κ3) is 1.37. The third-order valence-corrected chi connectivity index (χ3v) is 1.97. The van der Waals surface area contributed by atoms with Crippen LogP contribution >= 0.6 is 0 Å². The zero-order valence-corrected chi connectivity index (χ0v) is 6.06. The molecule has 0 amide bonds. The molecule has 2 nitrogen and oxygen atoms in total. The van der Waals surface area contributed by atoms with E-state index in [9.17, 15) is 0 Å². The van der Waals surface area contributed by atoms with Crippen molar-refractivity contribution in [1.82, 2.24) is 0 Å². The normalized spacial score (nSPS) is 17.0. The van der Waals surface area contributed by atoms with E-state index in [-0.39, 0.29) is 0 Å². The second kappa shape index (κ2) is 3.38. The molecule has 0 bridgehead atoms. The molecule has 10 heavy (non-hydrogen) atoms. The van der Waals surface area contributed by atoms with Crippen molar-refractivity contribution < 1.29 is 0 Å². The summed E-state index contributed by atoms with van der Waals surface area (Å²) in [6.45, 7) is 0.422. The summed E-state index contributed by atoms with van der Waals surface area (Å²) in [5.74, 6) is 0. The van der Waals surface area contributed by atoms with E-state index in [1.54, 1.807) is 0 Å². The quantitative estimate of drug-likeness (QED) is 0.553. The summed E-state index contributed by atoms with van der Waals surface area (Å²) in [6.07, 6.45) is 4.67. The Morgan fingerprint density at radius 2 is 2.10 bits per heavy atom. The van der Waals surface area contributed by atoms with Gasteiger partial charge in [0.1, 0.15) is 0 Å². The van der Waals surface area contributed by atoms with Gasteiger partial charge in [0.05, 0.1) is 6.07 Å². The molecule has 2 heteroatoms. The van der Waals surface area contributed by atoms with Crippen LogP contribution in [-0.4, -0.2) is 6.54 Å². The van der Waals surface area contributed by atoms with Gasteiger partial charge >= 0.3 is 0 Å². The Balaban J connectivity index is 2.72. The minimum Gasteiger partial charge on any atom is -0.326 e. The molecule has 0 unspecified atom stereocenters. The highest BCUT2D eigenvalue weighted by Crippen LogP contribution is 2.26. The van der Waals surface area contributed by atoms with E-state index in [2.05, 4.69) is 6.07 Å². The highest BCUT2D eigenvalue weighted by atomic mass is 14.5. The lowest BCUT2D eigenvalue weighted by molar-refractivity contribution is 0.886. The summed E-state index contributed by atoms with van der Waals surface area (Å²) in [4.78, 5) is 0. The van der Waals surface area contributed by atoms with Gasteiger partial charge in [0.25, 0.3) is 0 Å². The molecule has 1 fully saturated rings. The van der Waals surface area contributed by atoms with Gasteiger partial charge in [-0.25, -0.2) is 0 Å². The zero-order chi connectivity index (χ0) is 7.40. The molecule has 2 N–H and O–H groups in total. The fourth-order valence-electron chi connectivity index (χ4n) is 1.37. The Hall–Kier alpha value is -0.810. The summed E-state index contributed by atoms with van der Waals surface area (Å²) in [7, 11) is 0. The Morgan fingerprint density at radius 3 is 2.50 bits per heavy atom. The first-order valence-corrected chi connectivity index (χ1v) is 3.69. The number of nitriles is 1. The van der Waals surface area contributed by atoms with Gasteiger partial charge in [-0.05, 0) is 25.7 Å². The highest BCUT2D eigenvalue weighted by Gasteiger charge is 2.10. The molecule has 0 radical (unpaired) electrons. The molecule has 1 aliphatic rings. The molecule has 0 heterocycles. The minimum absolute atomic E-state index is 0.422. The van der Waals surface area contributed by atoms with E-state index in [0.717, 1.165) is 18.4 Å². The lowest BCUT2D eigenvalue weighted by Gasteiger charge is -1.97. The Labute approximate surface area is 61.3 Å². The Bertz CT molecular complexity index is 178. The van der Waals surface area contributed by atoms with Gasteiger partial charge in [0.15, 0.2) is 0 Å². The highest BCUT2D eigenvalue weighted by molar-refractivity contribution is 5.30. The van der Waals surface area contributed by atoms with Crippen molar-refractivity contribution in [3.05, 3.63) is 11.1 Å². The summed E-state index contributed by atoms with van der Waals surface area (Å²) < 4.78 is 0. The summed E-state index contributed by atoms with van der Waals surface area (Å²) in [5, 5.41) is 8.60. The van der Waals surface area contributed by atoms with Crippen LogP contribution in [0.15, 0.2) is 11.1 Å².